The van der Waals surface area contributed by atoms with Gasteiger partial charge in [-0.3, -0.25) is 0 Å². The molecule has 2 aliphatic rings. The van der Waals surface area contributed by atoms with Crippen LogP contribution in [0, 0.1) is 0 Å². The van der Waals surface area contributed by atoms with Crippen molar-refractivity contribution in [2.75, 3.05) is 13.9 Å². The monoisotopic (exact) mass is 378 g/mol. The van der Waals surface area contributed by atoms with Gasteiger partial charge in [-0.15, -0.1) is 0 Å². The topological polar surface area (TPSA) is 57.3 Å². The zero-order chi connectivity index (χ0) is 20.0. The number of ether oxygens (including phenoxy) is 4. The molecule has 2 unspecified atom stereocenters. The molecule has 27 heavy (non-hydrogen) atoms. The van der Waals surface area contributed by atoms with Crippen LogP contribution >= 0.6 is 0 Å². The predicted octanol–water partition coefficient (Wildman–Crippen LogP) is 4.83. The number of methoxy groups -OCH3 is 1. The summed E-state index contributed by atoms with van der Waals surface area (Å²) in [6.07, 6.45) is 9.38. The van der Waals surface area contributed by atoms with Crippen molar-refractivity contribution in [1.29, 1.82) is 0 Å². The fraction of sp³-hybridized carbons (Fsp3) is 0.682. The lowest BCUT2D eigenvalue weighted by atomic mass is 10.0. The molecule has 5 heteroatoms. The van der Waals surface area contributed by atoms with Crippen LogP contribution in [0.2, 0.25) is 0 Å². The molecule has 1 fully saturated rings. The Morgan fingerprint density at radius 1 is 1.19 bits per heavy atom. The minimum absolute atomic E-state index is 0.0852. The fourth-order valence-electron chi connectivity index (χ4n) is 3.25. The van der Waals surface area contributed by atoms with E-state index in [4.69, 9.17) is 18.9 Å². The second-order valence-electron chi connectivity index (χ2n) is 8.06. The second-order valence-corrected chi connectivity index (χ2v) is 8.06. The van der Waals surface area contributed by atoms with E-state index in [0.717, 1.165) is 25.7 Å². The lowest BCUT2D eigenvalue weighted by molar-refractivity contribution is -0.140. The summed E-state index contributed by atoms with van der Waals surface area (Å²) in [6, 6.07) is 0. The molecule has 0 aliphatic carbocycles. The molecular formula is C22H34O5. The molecule has 2 aliphatic heterocycles. The largest absolute Gasteiger partial charge is 0.467 e. The SMILES string of the molecule is COCOC1=C(C)C(=O)OC1C/C=C(\C)CC/C=C(\C)CCC1OC1(C)C. The van der Waals surface area contributed by atoms with Crippen molar-refractivity contribution in [3.63, 3.8) is 0 Å². The second kappa shape index (κ2) is 9.56. The van der Waals surface area contributed by atoms with Crippen LogP contribution in [0.15, 0.2) is 34.6 Å². The van der Waals surface area contributed by atoms with Crippen molar-refractivity contribution in [2.45, 2.75) is 84.5 Å². The Morgan fingerprint density at radius 2 is 1.85 bits per heavy atom. The van der Waals surface area contributed by atoms with Gasteiger partial charge in [0.1, 0.15) is 0 Å². The van der Waals surface area contributed by atoms with E-state index in [-0.39, 0.29) is 24.5 Å². The highest BCUT2D eigenvalue weighted by atomic mass is 16.7. The molecule has 152 valence electrons. The number of carbonyl (C=O) groups is 1. The van der Waals surface area contributed by atoms with Gasteiger partial charge in [-0.05, 0) is 60.3 Å². The quantitative estimate of drug-likeness (QED) is 0.223. The minimum atomic E-state index is -0.346. The van der Waals surface area contributed by atoms with Crippen LogP contribution < -0.4 is 0 Å². The van der Waals surface area contributed by atoms with Crippen LogP contribution in [0.5, 0.6) is 0 Å². The molecular weight excluding hydrogens is 344 g/mol. The van der Waals surface area contributed by atoms with Crippen LogP contribution in [-0.4, -0.2) is 37.7 Å². The lowest BCUT2D eigenvalue weighted by Crippen LogP contribution is -2.13. The van der Waals surface area contributed by atoms with Crippen molar-refractivity contribution in [2.24, 2.45) is 0 Å². The zero-order valence-corrected chi connectivity index (χ0v) is 17.6. The average Bonchev–Trinajstić information content (AvgIpc) is 3.14. The van der Waals surface area contributed by atoms with Crippen molar-refractivity contribution >= 4 is 5.97 Å². The van der Waals surface area contributed by atoms with Gasteiger partial charge in [0.25, 0.3) is 0 Å². The van der Waals surface area contributed by atoms with Gasteiger partial charge in [0, 0.05) is 13.5 Å². The number of carbonyl (C=O) groups excluding carboxylic acids is 1. The minimum Gasteiger partial charge on any atom is -0.467 e. The van der Waals surface area contributed by atoms with Crippen molar-refractivity contribution in [1.82, 2.24) is 0 Å². The molecule has 2 atom stereocenters. The normalized spacial score (nSPS) is 25.0. The molecule has 2 heterocycles. The van der Waals surface area contributed by atoms with E-state index in [0.29, 0.717) is 23.9 Å². The molecule has 1 saturated heterocycles. The van der Waals surface area contributed by atoms with Crippen LogP contribution in [0.4, 0.5) is 0 Å². The number of esters is 1. The molecule has 0 amide bonds. The lowest BCUT2D eigenvalue weighted by Gasteiger charge is -2.13. The Labute approximate surface area is 163 Å². The first kappa shape index (κ1) is 21.7. The van der Waals surface area contributed by atoms with Crippen molar-refractivity contribution in [3.05, 3.63) is 34.6 Å². The van der Waals surface area contributed by atoms with Gasteiger partial charge in [0.15, 0.2) is 18.7 Å². The van der Waals surface area contributed by atoms with Crippen LogP contribution in [0.25, 0.3) is 0 Å². The van der Waals surface area contributed by atoms with E-state index >= 15 is 0 Å². The van der Waals surface area contributed by atoms with Crippen LogP contribution in [0.1, 0.15) is 66.7 Å². The van der Waals surface area contributed by atoms with E-state index in [1.165, 1.54) is 11.1 Å². The molecule has 0 aromatic carbocycles. The molecule has 0 spiro atoms. The van der Waals surface area contributed by atoms with Gasteiger partial charge in [-0.25, -0.2) is 4.79 Å². The van der Waals surface area contributed by atoms with Gasteiger partial charge >= 0.3 is 5.97 Å². The highest BCUT2D eigenvalue weighted by molar-refractivity contribution is 5.91. The van der Waals surface area contributed by atoms with Crippen molar-refractivity contribution < 1.29 is 23.7 Å². The molecule has 0 aromatic heterocycles. The highest BCUT2D eigenvalue weighted by Crippen LogP contribution is 2.39. The van der Waals surface area contributed by atoms with Gasteiger partial charge < -0.3 is 18.9 Å². The number of cyclic esters (lactones) is 1. The molecule has 0 N–H and O–H groups in total. The van der Waals surface area contributed by atoms with E-state index in [9.17, 15) is 4.79 Å². The standard InChI is InChI=1S/C22H34O5/c1-15(8-7-9-16(2)11-13-19-22(4,5)27-19)10-12-18-20(25-14-24-6)17(3)21(23)26-18/h9-10,18-19H,7-8,11-14H2,1-6H3/b15-10+,16-9+. The van der Waals surface area contributed by atoms with Crippen molar-refractivity contribution in [3.8, 4) is 0 Å². The van der Waals surface area contributed by atoms with Gasteiger partial charge in [-0.2, -0.15) is 0 Å². The third kappa shape index (κ3) is 6.51. The van der Waals surface area contributed by atoms with Crippen LogP contribution in [-0.2, 0) is 23.7 Å². The molecule has 0 bridgehead atoms. The smallest absolute Gasteiger partial charge is 0.338 e. The Bertz CT molecular complexity index is 627. The van der Waals surface area contributed by atoms with E-state index in [2.05, 4.69) is 39.8 Å². The first-order chi connectivity index (χ1) is 12.7. The molecule has 0 saturated carbocycles. The number of rotatable bonds is 11. The van der Waals surface area contributed by atoms with Crippen LogP contribution in [0.3, 0.4) is 0 Å². The Kier molecular flexibility index (Phi) is 7.68. The van der Waals surface area contributed by atoms with E-state index in [1.807, 2.05) is 0 Å². The molecule has 0 radical (unpaired) electrons. The first-order valence-electron chi connectivity index (χ1n) is 9.77. The predicted molar refractivity (Wildman–Crippen MR) is 105 cm³/mol. The summed E-state index contributed by atoms with van der Waals surface area (Å²) < 4.78 is 21.5. The van der Waals surface area contributed by atoms with E-state index in [1.54, 1.807) is 14.0 Å². The summed E-state index contributed by atoms with van der Waals surface area (Å²) in [5.74, 6) is 0.283. The maximum absolute atomic E-state index is 11.8. The third-order valence-corrected chi connectivity index (χ3v) is 5.23. The summed E-state index contributed by atoms with van der Waals surface area (Å²) in [5.41, 5.74) is 3.33. The number of hydrogen-bond donors (Lipinski definition) is 0. The molecule has 0 aromatic rings. The summed E-state index contributed by atoms with van der Waals surface area (Å²) in [6.45, 7) is 10.5. The fourth-order valence-corrected chi connectivity index (χ4v) is 3.25. The van der Waals surface area contributed by atoms with Gasteiger partial charge in [0.2, 0.25) is 0 Å². The number of epoxide rings is 1. The van der Waals surface area contributed by atoms with E-state index < -0.39 is 0 Å². The summed E-state index contributed by atoms with van der Waals surface area (Å²) in [4.78, 5) is 11.8. The van der Waals surface area contributed by atoms with Gasteiger partial charge in [0.05, 0.1) is 17.3 Å². The Balaban J connectivity index is 1.73. The number of allylic oxidation sites excluding steroid dienone is 3. The summed E-state index contributed by atoms with van der Waals surface area (Å²) in [7, 11) is 1.56. The number of hydrogen-bond acceptors (Lipinski definition) is 5. The Hall–Kier alpha value is -1.59. The molecule has 5 nitrogen and oxygen atoms in total. The maximum atomic E-state index is 11.8. The Morgan fingerprint density at radius 3 is 2.48 bits per heavy atom. The third-order valence-electron chi connectivity index (χ3n) is 5.23. The highest BCUT2D eigenvalue weighted by Gasteiger charge is 2.46. The molecule has 2 rings (SSSR count). The van der Waals surface area contributed by atoms with Gasteiger partial charge in [-0.1, -0.05) is 23.3 Å². The summed E-state index contributed by atoms with van der Waals surface area (Å²) >= 11 is 0. The first-order valence-corrected chi connectivity index (χ1v) is 9.77. The average molecular weight is 379 g/mol. The maximum Gasteiger partial charge on any atom is 0.338 e. The summed E-state index contributed by atoms with van der Waals surface area (Å²) in [5, 5.41) is 0. The zero-order valence-electron chi connectivity index (χ0n) is 17.6.